The third-order valence-electron chi connectivity index (χ3n) is 3.11. The van der Waals surface area contributed by atoms with E-state index in [1.54, 1.807) is 6.92 Å². The Hall–Kier alpha value is -2.07. The molecule has 21 heavy (non-hydrogen) atoms. The van der Waals surface area contributed by atoms with E-state index >= 15 is 0 Å². The molecular weight excluding hydrogens is 284 g/mol. The van der Waals surface area contributed by atoms with Crippen molar-refractivity contribution in [3.8, 4) is 5.75 Å². The molecule has 3 nitrogen and oxygen atoms in total. The third kappa shape index (κ3) is 3.52. The van der Waals surface area contributed by atoms with Gasteiger partial charge in [-0.05, 0) is 67.1 Å². The molecule has 1 aromatic heterocycles. The van der Waals surface area contributed by atoms with Crippen molar-refractivity contribution in [3.05, 3.63) is 51.2 Å². The number of aryl methyl sites for hydroxylation is 2. The van der Waals surface area contributed by atoms with Gasteiger partial charge in [-0.2, -0.15) is 0 Å². The van der Waals surface area contributed by atoms with Crippen LogP contribution in [-0.4, -0.2) is 17.7 Å². The Morgan fingerprint density at radius 3 is 2.52 bits per heavy atom. The maximum absolute atomic E-state index is 12.1. The largest absolute Gasteiger partial charge is 0.507 e. The number of esters is 1. The molecule has 1 heterocycles. The Labute approximate surface area is 128 Å². The predicted molar refractivity (Wildman–Crippen MR) is 86.4 cm³/mol. The molecule has 0 unspecified atom stereocenters. The number of aromatic hydroxyl groups is 1. The second-order valence-corrected chi connectivity index (χ2v) is 5.71. The number of hydrogen-bond donors (Lipinski definition) is 1. The molecule has 0 aliphatic carbocycles. The first-order valence-electron chi connectivity index (χ1n) is 6.75. The molecule has 0 saturated carbocycles. The van der Waals surface area contributed by atoms with Crippen LogP contribution in [-0.2, 0) is 9.53 Å². The van der Waals surface area contributed by atoms with Gasteiger partial charge in [0.05, 0.1) is 12.2 Å². The quantitative estimate of drug-likeness (QED) is 0.681. The van der Waals surface area contributed by atoms with Gasteiger partial charge >= 0.3 is 5.97 Å². The molecule has 0 atom stereocenters. The van der Waals surface area contributed by atoms with Crippen molar-refractivity contribution in [3.63, 3.8) is 0 Å². The lowest BCUT2D eigenvalue weighted by Crippen LogP contribution is -2.05. The molecule has 2 aromatic rings. The van der Waals surface area contributed by atoms with E-state index in [1.807, 2.05) is 49.6 Å². The number of benzene rings is 1. The van der Waals surface area contributed by atoms with Crippen LogP contribution in [0.1, 0.15) is 28.5 Å². The Balaban J connectivity index is 2.48. The summed E-state index contributed by atoms with van der Waals surface area (Å²) in [5.41, 5.74) is 2.99. The van der Waals surface area contributed by atoms with Crippen LogP contribution < -0.4 is 0 Å². The van der Waals surface area contributed by atoms with E-state index in [0.29, 0.717) is 17.9 Å². The van der Waals surface area contributed by atoms with E-state index in [-0.39, 0.29) is 5.97 Å². The summed E-state index contributed by atoms with van der Waals surface area (Å²) in [6, 6.07) is 7.51. The first kappa shape index (κ1) is 15.3. The lowest BCUT2D eigenvalue weighted by Gasteiger charge is -2.08. The topological polar surface area (TPSA) is 46.5 Å². The summed E-state index contributed by atoms with van der Waals surface area (Å²) in [5, 5.41) is 11.8. The number of carbonyl (C=O) groups excluding carboxylic acids is 1. The van der Waals surface area contributed by atoms with Crippen LogP contribution in [0, 0.1) is 13.8 Å². The molecule has 1 N–H and O–H groups in total. The van der Waals surface area contributed by atoms with Crippen molar-refractivity contribution in [2.75, 3.05) is 6.61 Å². The molecule has 110 valence electrons. The van der Waals surface area contributed by atoms with Gasteiger partial charge in [-0.3, -0.25) is 0 Å². The number of thiophene rings is 1. The summed E-state index contributed by atoms with van der Waals surface area (Å²) in [6.45, 7) is 5.82. The summed E-state index contributed by atoms with van der Waals surface area (Å²) in [5.74, 6) is -0.0377. The van der Waals surface area contributed by atoms with Gasteiger partial charge in [-0.25, -0.2) is 4.79 Å². The lowest BCUT2D eigenvalue weighted by atomic mass is 10.0. The summed E-state index contributed by atoms with van der Waals surface area (Å²) in [6.07, 6.45) is 1.81. The Kier molecular flexibility index (Phi) is 4.81. The van der Waals surface area contributed by atoms with Crippen LogP contribution in [0.4, 0.5) is 0 Å². The van der Waals surface area contributed by atoms with Crippen LogP contribution in [0.15, 0.2) is 29.6 Å². The van der Waals surface area contributed by atoms with Gasteiger partial charge in [0, 0.05) is 4.88 Å². The highest BCUT2D eigenvalue weighted by molar-refractivity contribution is 7.11. The molecule has 4 heteroatoms. The number of rotatable bonds is 4. The Morgan fingerprint density at radius 2 is 2.00 bits per heavy atom. The smallest absolute Gasteiger partial charge is 0.339 e. The van der Waals surface area contributed by atoms with Crippen LogP contribution >= 0.6 is 11.3 Å². The van der Waals surface area contributed by atoms with Crippen molar-refractivity contribution in [1.82, 2.24) is 0 Å². The van der Waals surface area contributed by atoms with E-state index < -0.39 is 0 Å². The minimum Gasteiger partial charge on any atom is -0.507 e. The molecule has 0 saturated heterocycles. The average Bonchev–Trinajstić information content (AvgIpc) is 2.96. The van der Waals surface area contributed by atoms with E-state index in [0.717, 1.165) is 21.6 Å². The van der Waals surface area contributed by atoms with Gasteiger partial charge in [-0.15, -0.1) is 11.3 Å². The second kappa shape index (κ2) is 6.59. The fraction of sp³-hybridized carbons (Fsp3) is 0.235. The molecule has 0 spiro atoms. The first-order chi connectivity index (χ1) is 10.0. The monoisotopic (exact) mass is 302 g/mol. The zero-order valence-corrected chi connectivity index (χ0v) is 13.2. The summed E-state index contributed by atoms with van der Waals surface area (Å²) < 4.78 is 5.13. The molecule has 0 bridgehead atoms. The van der Waals surface area contributed by atoms with Gasteiger partial charge in [0.1, 0.15) is 5.75 Å². The van der Waals surface area contributed by atoms with Gasteiger partial charge < -0.3 is 9.84 Å². The van der Waals surface area contributed by atoms with Gasteiger partial charge in [0.2, 0.25) is 0 Å². The van der Waals surface area contributed by atoms with Crippen molar-refractivity contribution in [2.24, 2.45) is 0 Å². The van der Waals surface area contributed by atoms with E-state index in [9.17, 15) is 9.90 Å². The number of carbonyl (C=O) groups is 1. The Morgan fingerprint density at radius 1 is 1.33 bits per heavy atom. The number of phenolic OH excluding ortho intramolecular Hbond substituents is 1. The van der Waals surface area contributed by atoms with Crippen molar-refractivity contribution in [1.29, 1.82) is 0 Å². The minimum absolute atomic E-state index is 0.293. The SMILES string of the molecule is CCOC(=O)/C(=C/c1cc(C)c(O)c(C)c1)c1cccs1. The summed E-state index contributed by atoms with van der Waals surface area (Å²) in [4.78, 5) is 13.0. The normalized spacial score (nSPS) is 11.5. The molecule has 0 aliphatic rings. The molecule has 0 fully saturated rings. The second-order valence-electron chi connectivity index (χ2n) is 4.76. The van der Waals surface area contributed by atoms with Crippen LogP contribution in [0.2, 0.25) is 0 Å². The molecular formula is C17H18O3S. The standard InChI is InChI=1S/C17H18O3S/c1-4-20-17(19)14(15-6-5-7-21-15)10-13-8-11(2)16(18)12(3)9-13/h5-10,18H,4H2,1-3H3/b14-10+. The van der Waals surface area contributed by atoms with E-state index in [2.05, 4.69) is 0 Å². The fourth-order valence-electron chi connectivity index (χ4n) is 2.11. The zero-order valence-electron chi connectivity index (χ0n) is 12.3. The van der Waals surface area contributed by atoms with Crippen LogP contribution in [0.3, 0.4) is 0 Å². The molecule has 1 aromatic carbocycles. The Bertz CT molecular complexity index is 646. The van der Waals surface area contributed by atoms with E-state index in [4.69, 9.17) is 4.74 Å². The lowest BCUT2D eigenvalue weighted by molar-refractivity contribution is -0.136. The zero-order chi connectivity index (χ0) is 15.4. The molecule has 2 rings (SSSR count). The van der Waals surface area contributed by atoms with Gasteiger partial charge in [0.25, 0.3) is 0 Å². The van der Waals surface area contributed by atoms with Gasteiger partial charge in [-0.1, -0.05) is 6.07 Å². The highest BCUT2D eigenvalue weighted by Crippen LogP contribution is 2.28. The highest BCUT2D eigenvalue weighted by Gasteiger charge is 2.14. The summed E-state index contributed by atoms with van der Waals surface area (Å²) >= 11 is 1.50. The van der Waals surface area contributed by atoms with Crippen LogP contribution in [0.5, 0.6) is 5.75 Å². The third-order valence-corrected chi connectivity index (χ3v) is 4.01. The molecule has 0 aliphatic heterocycles. The van der Waals surface area contributed by atoms with Crippen LogP contribution in [0.25, 0.3) is 11.6 Å². The predicted octanol–water partition coefficient (Wildman–Crippen LogP) is 4.17. The average molecular weight is 302 g/mol. The van der Waals surface area contributed by atoms with Crippen molar-refractivity contribution in [2.45, 2.75) is 20.8 Å². The number of ether oxygens (including phenoxy) is 1. The minimum atomic E-state index is -0.330. The number of phenols is 1. The maximum Gasteiger partial charge on any atom is 0.339 e. The van der Waals surface area contributed by atoms with Crippen molar-refractivity contribution < 1.29 is 14.6 Å². The molecule has 0 amide bonds. The summed E-state index contributed by atoms with van der Waals surface area (Å²) in [7, 11) is 0. The van der Waals surface area contributed by atoms with Gasteiger partial charge in [0.15, 0.2) is 0 Å². The van der Waals surface area contributed by atoms with Crippen molar-refractivity contribution >= 4 is 29.0 Å². The maximum atomic E-state index is 12.1. The number of hydrogen-bond acceptors (Lipinski definition) is 4. The van der Waals surface area contributed by atoms with E-state index in [1.165, 1.54) is 11.3 Å². The highest BCUT2D eigenvalue weighted by atomic mass is 32.1. The first-order valence-corrected chi connectivity index (χ1v) is 7.63. The fourth-order valence-corrected chi connectivity index (χ4v) is 2.84. The molecule has 0 radical (unpaired) electrons.